The highest BCUT2D eigenvalue weighted by Crippen LogP contribution is 2.25. The molecule has 0 aliphatic carbocycles. The quantitative estimate of drug-likeness (QED) is 0.900. The number of likely N-dealkylation sites (tertiary alicyclic amines) is 1. The van der Waals surface area contributed by atoms with Gasteiger partial charge in [-0.1, -0.05) is 24.3 Å². The Kier molecular flexibility index (Phi) is 5.01. The Balaban J connectivity index is 1.61. The summed E-state index contributed by atoms with van der Waals surface area (Å²) in [6.07, 6.45) is 0.452. The number of hydrogen-bond donors (Lipinski definition) is 2. The number of carbonyl (C=O) groups excluding carboxylic acids is 1. The van der Waals surface area contributed by atoms with Crippen molar-refractivity contribution < 1.29 is 14.6 Å². The van der Waals surface area contributed by atoms with Crippen LogP contribution in [0.25, 0.3) is 0 Å². The summed E-state index contributed by atoms with van der Waals surface area (Å²) in [5, 5.41) is 12.5. The van der Waals surface area contributed by atoms with Crippen LogP contribution in [0.4, 0.5) is 10.5 Å². The first-order valence-electron chi connectivity index (χ1n) is 8.19. The largest absolute Gasteiger partial charge is 0.457 e. The number of aliphatic hydroxyl groups is 1. The highest BCUT2D eigenvalue weighted by atomic mass is 16.5. The second-order valence-electron chi connectivity index (χ2n) is 6.11. The highest BCUT2D eigenvalue weighted by molar-refractivity contribution is 5.89. The minimum atomic E-state index is -0.384. The molecular weight excluding hydrogens is 304 g/mol. The van der Waals surface area contributed by atoms with Gasteiger partial charge in [-0.25, -0.2) is 4.79 Å². The molecule has 1 heterocycles. The topological polar surface area (TPSA) is 61.8 Å². The number of nitrogens with zero attached hydrogens (tertiary/aromatic N) is 1. The Hall–Kier alpha value is -2.53. The zero-order valence-electron chi connectivity index (χ0n) is 13.7. The van der Waals surface area contributed by atoms with Crippen LogP contribution in [0, 0.1) is 5.92 Å². The van der Waals surface area contributed by atoms with Gasteiger partial charge >= 0.3 is 6.03 Å². The minimum Gasteiger partial charge on any atom is -0.457 e. The lowest BCUT2D eigenvalue weighted by molar-refractivity contribution is 0.130. The number of benzene rings is 2. The maximum atomic E-state index is 12.3. The molecule has 2 atom stereocenters. The van der Waals surface area contributed by atoms with E-state index in [0.717, 1.165) is 12.2 Å². The van der Waals surface area contributed by atoms with Crippen molar-refractivity contribution in [1.29, 1.82) is 0 Å². The van der Waals surface area contributed by atoms with Gasteiger partial charge in [0.2, 0.25) is 0 Å². The number of carbonyl (C=O) groups is 1. The average Bonchev–Trinajstić information content (AvgIpc) is 3.06. The first-order valence-corrected chi connectivity index (χ1v) is 8.19. The standard InChI is InChI=1S/C19H22N2O3/c1-14(22)15-10-11-21(13-15)19(23)20-16-6-5-9-18(12-16)24-17-7-3-2-4-8-17/h2-9,12,14-15,22H,10-11,13H2,1H3,(H,20,23). The molecule has 2 unspecified atom stereocenters. The normalized spacial score (nSPS) is 18.2. The van der Waals surface area contributed by atoms with Gasteiger partial charge in [0, 0.05) is 30.8 Å². The van der Waals surface area contributed by atoms with Gasteiger partial charge in [-0.2, -0.15) is 0 Å². The van der Waals surface area contributed by atoms with Crippen LogP contribution in [0.1, 0.15) is 13.3 Å². The SMILES string of the molecule is CC(O)C1CCN(C(=O)Nc2cccc(Oc3ccccc3)c2)C1. The van der Waals surface area contributed by atoms with Gasteiger partial charge in [0.15, 0.2) is 0 Å². The van der Waals surface area contributed by atoms with Crippen LogP contribution in [0.15, 0.2) is 54.6 Å². The van der Waals surface area contributed by atoms with Gasteiger partial charge in [0.1, 0.15) is 11.5 Å². The molecular formula is C19H22N2O3. The van der Waals surface area contributed by atoms with Crippen LogP contribution >= 0.6 is 0 Å². The van der Waals surface area contributed by atoms with E-state index in [1.54, 1.807) is 17.9 Å². The van der Waals surface area contributed by atoms with Gasteiger partial charge in [-0.3, -0.25) is 0 Å². The molecule has 1 fully saturated rings. The zero-order chi connectivity index (χ0) is 16.9. The molecule has 5 nitrogen and oxygen atoms in total. The number of hydrogen-bond acceptors (Lipinski definition) is 3. The summed E-state index contributed by atoms with van der Waals surface area (Å²) in [7, 11) is 0. The predicted octanol–water partition coefficient (Wildman–Crippen LogP) is 3.71. The number of urea groups is 1. The molecule has 2 N–H and O–H groups in total. The number of aliphatic hydroxyl groups excluding tert-OH is 1. The number of para-hydroxylation sites is 1. The van der Waals surface area contributed by atoms with Crippen molar-refractivity contribution in [3.63, 3.8) is 0 Å². The van der Waals surface area contributed by atoms with Crippen LogP contribution in [-0.4, -0.2) is 35.2 Å². The maximum Gasteiger partial charge on any atom is 0.321 e. The number of rotatable bonds is 4. The summed E-state index contributed by atoms with van der Waals surface area (Å²) in [6.45, 7) is 3.03. The Morgan fingerprint density at radius 1 is 1.21 bits per heavy atom. The van der Waals surface area contributed by atoms with Crippen LogP contribution in [0.5, 0.6) is 11.5 Å². The van der Waals surface area contributed by atoms with Gasteiger partial charge in [-0.05, 0) is 37.6 Å². The molecule has 3 rings (SSSR count). The smallest absolute Gasteiger partial charge is 0.321 e. The molecule has 0 saturated carbocycles. The Morgan fingerprint density at radius 3 is 2.67 bits per heavy atom. The molecule has 2 aromatic carbocycles. The van der Waals surface area contributed by atoms with Gasteiger partial charge in [0.05, 0.1) is 6.10 Å². The van der Waals surface area contributed by atoms with E-state index in [1.165, 1.54) is 0 Å². The third kappa shape index (κ3) is 4.06. The molecule has 0 aromatic heterocycles. The van der Waals surface area contributed by atoms with Crippen molar-refractivity contribution in [3.8, 4) is 11.5 Å². The first kappa shape index (κ1) is 16.3. The lowest BCUT2D eigenvalue weighted by atomic mass is 10.0. The fourth-order valence-electron chi connectivity index (χ4n) is 2.83. The van der Waals surface area contributed by atoms with E-state index in [1.807, 2.05) is 48.5 Å². The van der Waals surface area contributed by atoms with Gasteiger partial charge in [-0.15, -0.1) is 0 Å². The van der Waals surface area contributed by atoms with Crippen LogP contribution < -0.4 is 10.1 Å². The van der Waals surface area contributed by atoms with Gasteiger partial charge < -0.3 is 20.1 Å². The molecule has 126 valence electrons. The van der Waals surface area contributed by atoms with Crippen LogP contribution in [0.3, 0.4) is 0 Å². The zero-order valence-corrected chi connectivity index (χ0v) is 13.7. The summed E-state index contributed by atoms with van der Waals surface area (Å²) in [5.41, 5.74) is 0.689. The lowest BCUT2D eigenvalue weighted by Crippen LogP contribution is -2.34. The number of nitrogens with one attached hydrogen (secondary N) is 1. The molecule has 1 aliphatic rings. The van der Waals surface area contributed by atoms with Crippen molar-refractivity contribution in [2.45, 2.75) is 19.4 Å². The summed E-state index contributed by atoms with van der Waals surface area (Å²) in [5.74, 6) is 1.58. The molecule has 24 heavy (non-hydrogen) atoms. The Bertz CT molecular complexity index is 688. The molecule has 1 aliphatic heterocycles. The van der Waals surface area contributed by atoms with Gasteiger partial charge in [0.25, 0.3) is 0 Å². The summed E-state index contributed by atoms with van der Waals surface area (Å²) in [4.78, 5) is 14.1. The fraction of sp³-hybridized carbons (Fsp3) is 0.316. The molecule has 2 aromatic rings. The summed E-state index contributed by atoms with van der Waals surface area (Å²) >= 11 is 0. The summed E-state index contributed by atoms with van der Waals surface area (Å²) in [6, 6.07) is 16.7. The van der Waals surface area contributed by atoms with E-state index >= 15 is 0 Å². The Morgan fingerprint density at radius 2 is 1.96 bits per heavy atom. The monoisotopic (exact) mass is 326 g/mol. The highest BCUT2D eigenvalue weighted by Gasteiger charge is 2.29. The molecule has 5 heteroatoms. The van der Waals surface area contributed by atoms with Crippen molar-refractivity contribution in [2.75, 3.05) is 18.4 Å². The van der Waals surface area contributed by atoms with Crippen LogP contribution in [-0.2, 0) is 0 Å². The van der Waals surface area contributed by atoms with E-state index in [-0.39, 0.29) is 18.1 Å². The van der Waals surface area contributed by atoms with Crippen molar-refractivity contribution in [1.82, 2.24) is 4.90 Å². The molecule has 2 amide bonds. The van der Waals surface area contributed by atoms with E-state index in [4.69, 9.17) is 4.74 Å². The van der Waals surface area contributed by atoms with Crippen molar-refractivity contribution >= 4 is 11.7 Å². The molecule has 0 radical (unpaired) electrons. The average molecular weight is 326 g/mol. The second-order valence-corrected chi connectivity index (χ2v) is 6.11. The van der Waals surface area contributed by atoms with Crippen molar-refractivity contribution in [3.05, 3.63) is 54.6 Å². The second kappa shape index (κ2) is 7.36. The lowest BCUT2D eigenvalue weighted by Gasteiger charge is -2.18. The van der Waals surface area contributed by atoms with Crippen molar-refractivity contribution in [2.24, 2.45) is 5.92 Å². The number of amides is 2. The number of anilines is 1. The van der Waals surface area contributed by atoms with E-state index in [9.17, 15) is 9.90 Å². The van der Waals surface area contributed by atoms with E-state index in [0.29, 0.717) is 24.5 Å². The third-order valence-corrected chi connectivity index (χ3v) is 4.26. The molecule has 0 spiro atoms. The predicted molar refractivity (Wildman–Crippen MR) is 93.3 cm³/mol. The van der Waals surface area contributed by atoms with E-state index in [2.05, 4.69) is 5.32 Å². The third-order valence-electron chi connectivity index (χ3n) is 4.26. The number of ether oxygens (including phenoxy) is 1. The first-order chi connectivity index (χ1) is 11.6. The maximum absolute atomic E-state index is 12.3. The molecule has 0 bridgehead atoms. The Labute approximate surface area is 141 Å². The van der Waals surface area contributed by atoms with Crippen LogP contribution in [0.2, 0.25) is 0 Å². The minimum absolute atomic E-state index is 0.144. The fourth-order valence-corrected chi connectivity index (χ4v) is 2.83. The summed E-state index contributed by atoms with van der Waals surface area (Å²) < 4.78 is 5.78. The van der Waals surface area contributed by atoms with E-state index < -0.39 is 0 Å². The molecule has 1 saturated heterocycles.